The Balaban J connectivity index is 1.56. The third kappa shape index (κ3) is 6.07. The molecule has 0 saturated carbocycles. The van der Waals surface area contributed by atoms with Gasteiger partial charge in [0.1, 0.15) is 11.5 Å². The number of hydrogen-bond acceptors (Lipinski definition) is 4. The molecule has 0 atom stereocenters. The summed E-state index contributed by atoms with van der Waals surface area (Å²) in [6.45, 7) is 0. The predicted molar refractivity (Wildman–Crippen MR) is 114 cm³/mol. The summed E-state index contributed by atoms with van der Waals surface area (Å²) >= 11 is 11.7. The van der Waals surface area contributed by atoms with Gasteiger partial charge in [0.05, 0.1) is 16.3 Å². The Morgan fingerprint density at radius 1 is 0.828 bits per heavy atom. The minimum absolute atomic E-state index is 0.264. The van der Waals surface area contributed by atoms with Crippen LogP contribution in [0.15, 0.2) is 77.9 Å². The van der Waals surface area contributed by atoms with Crippen LogP contribution in [0, 0.1) is 0 Å². The average Bonchev–Trinajstić information content (AvgIpc) is 2.72. The number of hydrazone groups is 1. The summed E-state index contributed by atoms with van der Waals surface area (Å²) in [5, 5.41) is 6.81. The zero-order chi connectivity index (χ0) is 20.6. The summed E-state index contributed by atoms with van der Waals surface area (Å²) in [7, 11) is 0. The molecule has 0 radical (unpaired) electrons. The quantitative estimate of drug-likeness (QED) is 0.346. The van der Waals surface area contributed by atoms with Crippen molar-refractivity contribution in [2.75, 3.05) is 5.32 Å². The fourth-order valence-corrected chi connectivity index (χ4v) is 2.56. The molecule has 0 spiro atoms. The second kappa shape index (κ2) is 9.73. The van der Waals surface area contributed by atoms with Gasteiger partial charge in [-0.2, -0.15) is 5.10 Å². The summed E-state index contributed by atoms with van der Waals surface area (Å²) in [5.41, 5.74) is 3.19. The van der Waals surface area contributed by atoms with Crippen LogP contribution in [-0.4, -0.2) is 18.0 Å². The van der Waals surface area contributed by atoms with Gasteiger partial charge in [0, 0.05) is 5.69 Å². The minimum atomic E-state index is -0.927. The zero-order valence-corrected chi connectivity index (χ0v) is 16.4. The highest BCUT2D eigenvalue weighted by Gasteiger charge is 2.13. The van der Waals surface area contributed by atoms with Crippen LogP contribution >= 0.6 is 23.2 Å². The van der Waals surface area contributed by atoms with Crippen LogP contribution in [0.1, 0.15) is 5.56 Å². The van der Waals surface area contributed by atoms with Crippen LogP contribution in [0.5, 0.6) is 11.5 Å². The van der Waals surface area contributed by atoms with Gasteiger partial charge in [-0.15, -0.1) is 0 Å². The number of hydrogen-bond donors (Lipinski definition) is 2. The second-order valence-corrected chi connectivity index (χ2v) is 6.58. The Morgan fingerprint density at radius 2 is 1.59 bits per heavy atom. The van der Waals surface area contributed by atoms with E-state index >= 15 is 0 Å². The van der Waals surface area contributed by atoms with Gasteiger partial charge in [-0.3, -0.25) is 9.59 Å². The van der Waals surface area contributed by atoms with Crippen molar-refractivity contribution in [1.82, 2.24) is 5.43 Å². The maximum absolute atomic E-state index is 11.9. The maximum Gasteiger partial charge on any atom is 0.329 e. The molecule has 2 amide bonds. The van der Waals surface area contributed by atoms with Crippen LogP contribution in [0.3, 0.4) is 0 Å². The zero-order valence-electron chi connectivity index (χ0n) is 14.9. The summed E-state index contributed by atoms with van der Waals surface area (Å²) in [6.07, 6.45) is 1.40. The van der Waals surface area contributed by atoms with Gasteiger partial charge in [0.15, 0.2) is 0 Å². The van der Waals surface area contributed by atoms with E-state index < -0.39 is 11.8 Å². The molecule has 0 aliphatic heterocycles. The number of halogens is 2. The van der Waals surface area contributed by atoms with Crippen molar-refractivity contribution in [3.63, 3.8) is 0 Å². The lowest BCUT2D eigenvalue weighted by Crippen LogP contribution is -2.32. The lowest BCUT2D eigenvalue weighted by molar-refractivity contribution is -0.136. The molecular formula is C21H15Cl2N3O3. The number of nitrogens with zero attached hydrogens (tertiary/aromatic N) is 1. The molecule has 0 saturated heterocycles. The molecular weight excluding hydrogens is 413 g/mol. The molecule has 146 valence electrons. The van der Waals surface area contributed by atoms with Crippen molar-refractivity contribution in [1.29, 1.82) is 0 Å². The highest BCUT2D eigenvalue weighted by molar-refractivity contribution is 6.42. The van der Waals surface area contributed by atoms with Gasteiger partial charge < -0.3 is 10.1 Å². The first kappa shape index (κ1) is 20.4. The monoisotopic (exact) mass is 427 g/mol. The van der Waals surface area contributed by atoms with E-state index in [4.69, 9.17) is 27.9 Å². The third-order valence-corrected chi connectivity index (χ3v) is 4.34. The summed E-state index contributed by atoms with van der Waals surface area (Å²) in [5.74, 6) is -0.497. The SMILES string of the molecule is O=C(NN=Cc1cccc(Oc2ccccc2)c1)C(=O)Nc1ccc(Cl)c(Cl)c1. The second-order valence-electron chi connectivity index (χ2n) is 5.77. The van der Waals surface area contributed by atoms with Gasteiger partial charge in [-0.1, -0.05) is 53.5 Å². The smallest absolute Gasteiger partial charge is 0.329 e. The van der Waals surface area contributed by atoms with Gasteiger partial charge in [-0.25, -0.2) is 5.43 Å². The largest absolute Gasteiger partial charge is 0.457 e. The fraction of sp³-hybridized carbons (Fsp3) is 0. The number of carbonyl (C=O) groups is 2. The van der Waals surface area contributed by atoms with Crippen molar-refractivity contribution < 1.29 is 14.3 Å². The first-order valence-corrected chi connectivity index (χ1v) is 9.19. The number of para-hydroxylation sites is 1. The van der Waals surface area contributed by atoms with Crippen LogP contribution in [0.25, 0.3) is 0 Å². The van der Waals surface area contributed by atoms with E-state index in [2.05, 4.69) is 15.8 Å². The van der Waals surface area contributed by atoms with Gasteiger partial charge in [0.2, 0.25) is 0 Å². The molecule has 0 aliphatic rings. The molecule has 0 aliphatic carbocycles. The van der Waals surface area contributed by atoms with E-state index in [0.29, 0.717) is 27.8 Å². The number of benzene rings is 3. The topological polar surface area (TPSA) is 79.8 Å². The normalized spacial score (nSPS) is 10.6. The van der Waals surface area contributed by atoms with Crippen LogP contribution in [0.4, 0.5) is 5.69 Å². The Bertz CT molecular complexity index is 1060. The number of ether oxygens (including phenoxy) is 1. The first-order chi connectivity index (χ1) is 14.0. The van der Waals surface area contributed by atoms with E-state index in [1.54, 1.807) is 24.3 Å². The van der Waals surface area contributed by atoms with Crippen LogP contribution in [-0.2, 0) is 9.59 Å². The van der Waals surface area contributed by atoms with Gasteiger partial charge in [0.25, 0.3) is 0 Å². The Labute approximate surface area is 177 Å². The molecule has 0 aromatic heterocycles. The van der Waals surface area contributed by atoms with Crippen molar-refractivity contribution in [2.24, 2.45) is 5.10 Å². The number of carbonyl (C=O) groups excluding carboxylic acids is 2. The van der Waals surface area contributed by atoms with Gasteiger partial charge >= 0.3 is 11.8 Å². The molecule has 3 aromatic rings. The fourth-order valence-electron chi connectivity index (χ4n) is 2.26. The lowest BCUT2D eigenvalue weighted by atomic mass is 10.2. The van der Waals surface area contributed by atoms with E-state index in [1.165, 1.54) is 24.4 Å². The molecule has 8 heteroatoms. The maximum atomic E-state index is 11.9. The minimum Gasteiger partial charge on any atom is -0.457 e. The van der Waals surface area contributed by atoms with Crippen molar-refractivity contribution in [2.45, 2.75) is 0 Å². The first-order valence-electron chi connectivity index (χ1n) is 8.44. The molecule has 0 fully saturated rings. The van der Waals surface area contributed by atoms with E-state index in [0.717, 1.165) is 0 Å². The molecule has 0 heterocycles. The Hall–Kier alpha value is -3.35. The van der Waals surface area contributed by atoms with Crippen molar-refractivity contribution in [3.8, 4) is 11.5 Å². The standard InChI is InChI=1S/C21H15Cl2N3O3/c22-18-10-9-15(12-19(18)23)25-20(27)21(28)26-24-13-14-5-4-8-17(11-14)29-16-6-2-1-3-7-16/h1-13H,(H,25,27)(H,26,28). The predicted octanol–water partition coefficient (Wildman–Crippen LogP) is 4.87. The molecule has 29 heavy (non-hydrogen) atoms. The summed E-state index contributed by atoms with van der Waals surface area (Å²) in [6, 6.07) is 20.9. The van der Waals surface area contributed by atoms with Crippen molar-refractivity contribution in [3.05, 3.63) is 88.4 Å². The Morgan fingerprint density at radius 3 is 2.34 bits per heavy atom. The number of rotatable bonds is 5. The number of nitrogens with one attached hydrogen (secondary N) is 2. The van der Waals surface area contributed by atoms with E-state index in [1.807, 2.05) is 30.3 Å². The average molecular weight is 428 g/mol. The molecule has 6 nitrogen and oxygen atoms in total. The summed E-state index contributed by atoms with van der Waals surface area (Å²) < 4.78 is 5.74. The summed E-state index contributed by atoms with van der Waals surface area (Å²) in [4.78, 5) is 23.8. The number of anilines is 1. The highest BCUT2D eigenvalue weighted by atomic mass is 35.5. The highest BCUT2D eigenvalue weighted by Crippen LogP contribution is 2.25. The third-order valence-electron chi connectivity index (χ3n) is 3.60. The molecule has 3 rings (SSSR count). The van der Waals surface area contributed by atoms with Crippen LogP contribution < -0.4 is 15.5 Å². The van der Waals surface area contributed by atoms with Crippen molar-refractivity contribution >= 4 is 46.9 Å². The molecule has 3 aromatic carbocycles. The van der Waals surface area contributed by atoms with Crippen LogP contribution in [0.2, 0.25) is 10.0 Å². The van der Waals surface area contributed by atoms with Gasteiger partial charge in [-0.05, 0) is 48.0 Å². The van der Waals surface area contributed by atoms with E-state index in [-0.39, 0.29) is 5.02 Å². The molecule has 0 bridgehead atoms. The molecule has 2 N–H and O–H groups in total. The lowest BCUT2D eigenvalue weighted by Gasteiger charge is -2.06. The van der Waals surface area contributed by atoms with E-state index in [9.17, 15) is 9.59 Å². The molecule has 0 unspecified atom stereocenters. The number of amides is 2. The Kier molecular flexibility index (Phi) is 6.84.